The Kier molecular flexibility index (Phi) is 4.04. The minimum atomic E-state index is -0.122. The summed E-state index contributed by atoms with van der Waals surface area (Å²) in [4.78, 5) is 16.1. The number of piperidine rings is 1. The molecule has 1 aliphatic carbocycles. The lowest BCUT2D eigenvalue weighted by atomic mass is 9.61. The summed E-state index contributed by atoms with van der Waals surface area (Å²) < 4.78 is 5.26. The fourth-order valence-corrected chi connectivity index (χ4v) is 4.36. The van der Waals surface area contributed by atoms with E-state index in [0.29, 0.717) is 5.41 Å². The standard InChI is InChI=1S/C16H28N2O2/c1-3-17-6-4-14(5-7-17)10-18-11-16(12-18)8-15(9-16)20-13(2)19/h14-15H,3-12H2,1-2H3. The van der Waals surface area contributed by atoms with Crippen LogP contribution in [0.1, 0.15) is 39.5 Å². The van der Waals surface area contributed by atoms with E-state index >= 15 is 0 Å². The number of likely N-dealkylation sites (tertiary alicyclic amines) is 2. The van der Waals surface area contributed by atoms with Gasteiger partial charge in [-0.1, -0.05) is 6.92 Å². The molecule has 4 heteroatoms. The molecule has 3 aliphatic rings. The van der Waals surface area contributed by atoms with Crippen molar-refractivity contribution in [3.05, 3.63) is 0 Å². The summed E-state index contributed by atoms with van der Waals surface area (Å²) in [6.45, 7) is 11.3. The monoisotopic (exact) mass is 280 g/mol. The summed E-state index contributed by atoms with van der Waals surface area (Å²) in [5.74, 6) is 0.781. The summed E-state index contributed by atoms with van der Waals surface area (Å²) in [7, 11) is 0. The Hall–Kier alpha value is -0.610. The van der Waals surface area contributed by atoms with E-state index in [1.807, 2.05) is 0 Å². The van der Waals surface area contributed by atoms with E-state index in [4.69, 9.17) is 4.74 Å². The van der Waals surface area contributed by atoms with Gasteiger partial charge in [-0.05, 0) is 51.2 Å². The van der Waals surface area contributed by atoms with Crippen LogP contribution in [0.2, 0.25) is 0 Å². The van der Waals surface area contributed by atoms with Gasteiger partial charge < -0.3 is 14.5 Å². The van der Waals surface area contributed by atoms with E-state index in [2.05, 4.69) is 16.7 Å². The molecule has 0 aromatic rings. The van der Waals surface area contributed by atoms with Crippen molar-refractivity contribution >= 4 is 5.97 Å². The molecule has 20 heavy (non-hydrogen) atoms. The van der Waals surface area contributed by atoms with Gasteiger partial charge in [0.15, 0.2) is 0 Å². The number of ether oxygens (including phenoxy) is 1. The van der Waals surface area contributed by atoms with Gasteiger partial charge in [0.05, 0.1) is 0 Å². The van der Waals surface area contributed by atoms with E-state index in [-0.39, 0.29) is 12.1 Å². The smallest absolute Gasteiger partial charge is 0.302 e. The molecule has 2 saturated heterocycles. The third kappa shape index (κ3) is 3.01. The number of carbonyl (C=O) groups is 1. The van der Waals surface area contributed by atoms with Crippen LogP contribution in [0.3, 0.4) is 0 Å². The molecular formula is C16H28N2O2. The summed E-state index contributed by atoms with van der Waals surface area (Å²) >= 11 is 0. The van der Waals surface area contributed by atoms with E-state index in [0.717, 1.165) is 18.8 Å². The summed E-state index contributed by atoms with van der Waals surface area (Å²) in [6.07, 6.45) is 5.14. The minimum absolute atomic E-state index is 0.122. The van der Waals surface area contributed by atoms with Gasteiger partial charge in [0.2, 0.25) is 0 Å². The lowest BCUT2D eigenvalue weighted by Gasteiger charge is -2.59. The number of hydrogen-bond acceptors (Lipinski definition) is 4. The van der Waals surface area contributed by atoms with Crippen LogP contribution in [0, 0.1) is 11.3 Å². The second-order valence-electron chi connectivity index (χ2n) is 7.19. The van der Waals surface area contributed by atoms with Crippen molar-refractivity contribution in [3.8, 4) is 0 Å². The fourth-order valence-electron chi connectivity index (χ4n) is 4.36. The summed E-state index contributed by atoms with van der Waals surface area (Å²) in [5, 5.41) is 0. The lowest BCUT2D eigenvalue weighted by Crippen LogP contribution is -2.64. The molecular weight excluding hydrogens is 252 g/mol. The maximum absolute atomic E-state index is 10.9. The van der Waals surface area contributed by atoms with Crippen molar-refractivity contribution in [1.82, 2.24) is 9.80 Å². The highest BCUT2D eigenvalue weighted by atomic mass is 16.5. The van der Waals surface area contributed by atoms with E-state index in [9.17, 15) is 4.79 Å². The molecule has 0 aromatic heterocycles. The van der Waals surface area contributed by atoms with E-state index in [1.54, 1.807) is 0 Å². The Balaban J connectivity index is 1.33. The van der Waals surface area contributed by atoms with Crippen LogP contribution in [-0.4, -0.2) is 61.1 Å². The molecule has 2 aliphatic heterocycles. The first-order valence-corrected chi connectivity index (χ1v) is 8.20. The van der Waals surface area contributed by atoms with Gasteiger partial charge in [-0.15, -0.1) is 0 Å². The second-order valence-corrected chi connectivity index (χ2v) is 7.19. The van der Waals surface area contributed by atoms with Gasteiger partial charge in [0.1, 0.15) is 6.10 Å². The third-order valence-corrected chi connectivity index (χ3v) is 5.44. The molecule has 4 nitrogen and oxygen atoms in total. The Morgan fingerprint density at radius 2 is 1.85 bits per heavy atom. The predicted molar refractivity (Wildman–Crippen MR) is 78.5 cm³/mol. The van der Waals surface area contributed by atoms with Crippen molar-refractivity contribution in [2.75, 3.05) is 39.3 Å². The predicted octanol–water partition coefficient (Wildman–Crippen LogP) is 1.75. The largest absolute Gasteiger partial charge is 0.463 e. The molecule has 1 spiro atoms. The molecule has 0 radical (unpaired) electrons. The van der Waals surface area contributed by atoms with Crippen LogP contribution in [0.25, 0.3) is 0 Å². The number of carbonyl (C=O) groups excluding carboxylic acids is 1. The molecule has 3 rings (SSSR count). The number of hydrogen-bond donors (Lipinski definition) is 0. The summed E-state index contributed by atoms with van der Waals surface area (Å²) in [6, 6.07) is 0. The van der Waals surface area contributed by atoms with Crippen LogP contribution in [0.4, 0.5) is 0 Å². The lowest BCUT2D eigenvalue weighted by molar-refractivity contribution is -0.175. The first kappa shape index (κ1) is 14.3. The highest BCUT2D eigenvalue weighted by molar-refractivity contribution is 5.66. The van der Waals surface area contributed by atoms with Crippen LogP contribution < -0.4 is 0 Å². The minimum Gasteiger partial charge on any atom is -0.463 e. The first-order valence-electron chi connectivity index (χ1n) is 8.20. The number of rotatable bonds is 4. The van der Waals surface area contributed by atoms with Gasteiger partial charge in [-0.3, -0.25) is 4.79 Å². The third-order valence-electron chi connectivity index (χ3n) is 5.44. The van der Waals surface area contributed by atoms with Gasteiger partial charge in [0.25, 0.3) is 0 Å². The molecule has 0 amide bonds. The Morgan fingerprint density at radius 1 is 1.20 bits per heavy atom. The molecule has 0 aromatic carbocycles. The van der Waals surface area contributed by atoms with E-state index < -0.39 is 0 Å². The zero-order chi connectivity index (χ0) is 14.2. The normalized spacial score (nSPS) is 28.1. The topological polar surface area (TPSA) is 32.8 Å². The quantitative estimate of drug-likeness (QED) is 0.735. The van der Waals surface area contributed by atoms with Crippen molar-refractivity contribution in [2.45, 2.75) is 45.6 Å². The molecule has 2 heterocycles. The fraction of sp³-hybridized carbons (Fsp3) is 0.938. The molecule has 0 unspecified atom stereocenters. The number of esters is 1. The average Bonchev–Trinajstić information content (AvgIpc) is 2.34. The SMILES string of the molecule is CCN1CCC(CN2CC3(CC(OC(C)=O)C3)C2)CC1. The zero-order valence-electron chi connectivity index (χ0n) is 12.9. The Labute approximate surface area is 122 Å². The number of nitrogens with zero attached hydrogens (tertiary/aromatic N) is 2. The maximum atomic E-state index is 10.9. The first-order chi connectivity index (χ1) is 9.58. The second kappa shape index (κ2) is 5.64. The van der Waals surface area contributed by atoms with Crippen LogP contribution in [0.15, 0.2) is 0 Å². The zero-order valence-corrected chi connectivity index (χ0v) is 12.9. The molecule has 0 bridgehead atoms. The van der Waals surface area contributed by atoms with Crippen molar-refractivity contribution in [1.29, 1.82) is 0 Å². The highest BCUT2D eigenvalue weighted by Crippen LogP contribution is 2.49. The van der Waals surface area contributed by atoms with Gasteiger partial charge >= 0.3 is 5.97 Å². The van der Waals surface area contributed by atoms with Gasteiger partial charge in [-0.2, -0.15) is 0 Å². The van der Waals surface area contributed by atoms with Gasteiger partial charge in [0, 0.05) is 32.0 Å². The van der Waals surface area contributed by atoms with Crippen molar-refractivity contribution in [3.63, 3.8) is 0 Å². The van der Waals surface area contributed by atoms with Crippen LogP contribution in [0.5, 0.6) is 0 Å². The maximum Gasteiger partial charge on any atom is 0.302 e. The van der Waals surface area contributed by atoms with Crippen molar-refractivity contribution < 1.29 is 9.53 Å². The van der Waals surface area contributed by atoms with Crippen molar-refractivity contribution in [2.24, 2.45) is 11.3 Å². The summed E-state index contributed by atoms with van der Waals surface area (Å²) in [5.41, 5.74) is 0.504. The Bertz CT molecular complexity index is 349. The molecule has 0 N–H and O–H groups in total. The molecule has 0 atom stereocenters. The average molecular weight is 280 g/mol. The Morgan fingerprint density at radius 3 is 2.40 bits per heavy atom. The van der Waals surface area contributed by atoms with Crippen LogP contribution >= 0.6 is 0 Å². The van der Waals surface area contributed by atoms with E-state index in [1.165, 1.54) is 59.0 Å². The molecule has 114 valence electrons. The molecule has 1 saturated carbocycles. The van der Waals surface area contributed by atoms with Gasteiger partial charge in [-0.25, -0.2) is 0 Å². The van der Waals surface area contributed by atoms with Crippen LogP contribution in [-0.2, 0) is 9.53 Å². The highest BCUT2D eigenvalue weighted by Gasteiger charge is 2.53. The molecule has 3 fully saturated rings.